The zero-order chi connectivity index (χ0) is 39.7. The molecule has 0 aliphatic rings. The lowest BCUT2D eigenvalue weighted by atomic mass is 10.1. The molecule has 1 aromatic heterocycles. The third-order valence-electron chi connectivity index (χ3n) is 6.49. The average Bonchev–Trinajstić information content (AvgIpc) is 3.25. The number of esters is 1. The van der Waals surface area contributed by atoms with Crippen LogP contribution in [0.2, 0.25) is 0 Å². The minimum atomic E-state index is -1.13. The molecular weight excluding hydrogens is 676 g/mol. The Balaban J connectivity index is 2.46. The zero-order valence-electron chi connectivity index (χ0n) is 32.9. The SMILES string of the molecule is Cn1c(-c2ccc(OCC(ON)C(=O)OC(C)(C)C)cc2)cn(CC(CNC(=O)OC(C)(C)C)CNC(=O)OC(C)(C)C)c1=NC(=O)OC(C)(C)C. The lowest BCUT2D eigenvalue weighted by molar-refractivity contribution is -0.170. The molecule has 1 unspecified atom stereocenters. The summed E-state index contributed by atoms with van der Waals surface area (Å²) in [5.41, 5.74) is -1.27. The van der Waals surface area contributed by atoms with E-state index in [1.807, 2.05) is 0 Å². The summed E-state index contributed by atoms with van der Waals surface area (Å²) in [6, 6.07) is 7.00. The summed E-state index contributed by atoms with van der Waals surface area (Å²) in [5, 5.41) is 5.54. The van der Waals surface area contributed by atoms with Crippen LogP contribution in [0.1, 0.15) is 83.1 Å². The Labute approximate surface area is 306 Å². The number of rotatable bonds is 12. The van der Waals surface area contributed by atoms with Crippen LogP contribution in [0.25, 0.3) is 11.3 Å². The summed E-state index contributed by atoms with van der Waals surface area (Å²) in [6.45, 7) is 21.2. The van der Waals surface area contributed by atoms with Crippen molar-refractivity contribution in [3.05, 3.63) is 36.1 Å². The molecule has 2 aromatic rings. The van der Waals surface area contributed by atoms with Crippen LogP contribution in [0, 0.1) is 5.92 Å². The van der Waals surface area contributed by atoms with Gasteiger partial charge in [0.15, 0.2) is 0 Å². The first-order chi connectivity index (χ1) is 23.7. The van der Waals surface area contributed by atoms with Crippen LogP contribution in [0.5, 0.6) is 5.75 Å². The van der Waals surface area contributed by atoms with E-state index in [1.54, 1.807) is 130 Å². The van der Waals surface area contributed by atoms with Crippen molar-refractivity contribution in [2.24, 2.45) is 23.9 Å². The number of benzene rings is 1. The maximum atomic E-state index is 12.9. The second kappa shape index (κ2) is 17.8. The van der Waals surface area contributed by atoms with Gasteiger partial charge in [0.2, 0.25) is 11.7 Å². The topological polar surface area (TPSA) is 196 Å². The number of carbonyl (C=O) groups is 4. The van der Waals surface area contributed by atoms with Gasteiger partial charge in [0, 0.05) is 38.8 Å². The average molecular weight is 735 g/mol. The second-order valence-electron chi connectivity index (χ2n) is 16.2. The van der Waals surface area contributed by atoms with Gasteiger partial charge in [0.1, 0.15) is 34.8 Å². The number of nitrogens with two attached hydrogens (primary N) is 1. The molecule has 16 nitrogen and oxygen atoms in total. The Kier molecular flexibility index (Phi) is 14.9. The summed E-state index contributed by atoms with van der Waals surface area (Å²) in [7, 11) is 1.75. The van der Waals surface area contributed by atoms with E-state index in [9.17, 15) is 19.2 Å². The van der Waals surface area contributed by atoms with Gasteiger partial charge in [-0.1, -0.05) is 0 Å². The molecule has 0 fully saturated rings. The second-order valence-corrected chi connectivity index (χ2v) is 16.2. The molecule has 1 aromatic carbocycles. The molecule has 0 spiro atoms. The number of aromatic nitrogens is 2. The maximum absolute atomic E-state index is 12.9. The normalized spacial score (nSPS) is 13.3. The van der Waals surface area contributed by atoms with Gasteiger partial charge < -0.3 is 43.5 Å². The van der Waals surface area contributed by atoms with Gasteiger partial charge in [-0.25, -0.2) is 25.1 Å². The molecule has 52 heavy (non-hydrogen) atoms. The molecule has 292 valence electrons. The van der Waals surface area contributed by atoms with Crippen LogP contribution in [0.3, 0.4) is 0 Å². The highest BCUT2D eigenvalue weighted by molar-refractivity contribution is 5.75. The number of amides is 3. The predicted molar refractivity (Wildman–Crippen MR) is 193 cm³/mol. The first kappa shape index (κ1) is 43.6. The fourth-order valence-corrected chi connectivity index (χ4v) is 4.49. The highest BCUT2D eigenvalue weighted by Gasteiger charge is 2.27. The number of hydrogen-bond donors (Lipinski definition) is 3. The quantitative estimate of drug-likeness (QED) is 0.151. The van der Waals surface area contributed by atoms with Gasteiger partial charge in [-0.2, -0.15) is 0 Å². The van der Waals surface area contributed by atoms with Crippen LogP contribution < -0.4 is 26.9 Å². The minimum absolute atomic E-state index is 0.108. The highest BCUT2D eigenvalue weighted by Crippen LogP contribution is 2.23. The van der Waals surface area contributed by atoms with Gasteiger partial charge in [-0.05, 0) is 113 Å². The Morgan fingerprint density at radius 3 is 1.67 bits per heavy atom. The summed E-state index contributed by atoms with van der Waals surface area (Å²) in [4.78, 5) is 59.6. The van der Waals surface area contributed by atoms with Crippen molar-refractivity contribution >= 4 is 24.2 Å². The number of hydrogen-bond acceptors (Lipinski definition) is 11. The molecule has 0 aliphatic heterocycles. The molecule has 0 radical (unpaired) electrons. The summed E-state index contributed by atoms with van der Waals surface area (Å²) >= 11 is 0. The van der Waals surface area contributed by atoms with Crippen LogP contribution in [-0.2, 0) is 42.2 Å². The van der Waals surface area contributed by atoms with E-state index < -0.39 is 58.7 Å². The number of carbonyl (C=O) groups excluding carboxylic acids is 4. The molecule has 1 heterocycles. The van der Waals surface area contributed by atoms with Gasteiger partial charge >= 0.3 is 24.2 Å². The summed E-state index contributed by atoms with van der Waals surface area (Å²) < 4.78 is 30.9. The van der Waals surface area contributed by atoms with Crippen molar-refractivity contribution < 1.29 is 47.7 Å². The van der Waals surface area contributed by atoms with E-state index in [4.69, 9.17) is 34.4 Å². The van der Waals surface area contributed by atoms with E-state index in [-0.39, 0.29) is 31.9 Å². The number of nitrogens with zero attached hydrogens (tertiary/aromatic N) is 3. The predicted octanol–water partition coefficient (Wildman–Crippen LogP) is 4.97. The molecular formula is C36H58N6O10. The number of imidazole rings is 1. The molecule has 0 saturated carbocycles. The highest BCUT2D eigenvalue weighted by atomic mass is 16.7. The van der Waals surface area contributed by atoms with Gasteiger partial charge in [-0.15, -0.1) is 4.99 Å². The smallest absolute Gasteiger partial charge is 0.437 e. The van der Waals surface area contributed by atoms with E-state index in [0.717, 1.165) is 5.56 Å². The number of ether oxygens (including phenoxy) is 5. The Hall–Kier alpha value is -4.57. The molecule has 16 heteroatoms. The van der Waals surface area contributed by atoms with Crippen molar-refractivity contribution in [1.82, 2.24) is 19.8 Å². The van der Waals surface area contributed by atoms with Gasteiger partial charge in [-0.3, -0.25) is 4.84 Å². The lowest BCUT2D eigenvalue weighted by Gasteiger charge is -2.24. The maximum Gasteiger partial charge on any atom is 0.437 e. The van der Waals surface area contributed by atoms with E-state index in [2.05, 4.69) is 15.6 Å². The molecule has 1 atom stereocenters. The van der Waals surface area contributed by atoms with Crippen LogP contribution in [0.15, 0.2) is 35.5 Å². The van der Waals surface area contributed by atoms with E-state index in [1.165, 1.54) is 0 Å². The number of nitrogens with one attached hydrogen (secondary N) is 2. The molecule has 2 rings (SSSR count). The Bertz CT molecular complexity index is 1550. The van der Waals surface area contributed by atoms with Gasteiger partial charge in [0.05, 0.1) is 5.69 Å². The molecule has 0 bridgehead atoms. The zero-order valence-corrected chi connectivity index (χ0v) is 32.9. The molecule has 3 amide bonds. The first-order valence-electron chi connectivity index (χ1n) is 17.0. The Morgan fingerprint density at radius 2 is 1.23 bits per heavy atom. The van der Waals surface area contributed by atoms with E-state index in [0.29, 0.717) is 11.4 Å². The van der Waals surface area contributed by atoms with Crippen LogP contribution in [0.4, 0.5) is 14.4 Å². The first-order valence-corrected chi connectivity index (χ1v) is 17.0. The van der Waals surface area contributed by atoms with Crippen LogP contribution in [-0.4, -0.2) is 81.6 Å². The summed E-state index contributed by atoms with van der Waals surface area (Å²) in [6.07, 6.45) is -1.37. The van der Waals surface area contributed by atoms with Crippen molar-refractivity contribution in [3.63, 3.8) is 0 Å². The summed E-state index contributed by atoms with van der Waals surface area (Å²) in [5.74, 6) is 4.71. The standard InChI is InChI=1S/C36H58N6O10/c1-33(2,3)48-28(43)27(52-37)22-47-25-16-14-24(15-17-25)26-21-42(29(41(26)13)40-32(46)51-36(10,11)12)20-23(18-38-30(44)49-34(4,5)6)19-39-31(45)50-35(7,8)9/h14-17,21,23,27H,18-20,22,37H2,1-13H3,(H,38,44)(H,39,45). The fraction of sp³-hybridized carbons (Fsp3) is 0.639. The third kappa shape index (κ3) is 16.2. The minimum Gasteiger partial charge on any atom is -0.490 e. The molecule has 0 saturated heterocycles. The van der Waals surface area contributed by atoms with Crippen molar-refractivity contribution in [3.8, 4) is 17.0 Å². The largest absolute Gasteiger partial charge is 0.490 e. The molecule has 4 N–H and O–H groups in total. The monoisotopic (exact) mass is 734 g/mol. The van der Waals surface area contributed by atoms with Crippen molar-refractivity contribution in [2.75, 3.05) is 19.7 Å². The van der Waals surface area contributed by atoms with Gasteiger partial charge in [0.25, 0.3) is 0 Å². The fourth-order valence-electron chi connectivity index (χ4n) is 4.49. The number of alkyl carbamates (subject to hydrolysis) is 2. The van der Waals surface area contributed by atoms with E-state index >= 15 is 0 Å². The molecule has 0 aliphatic carbocycles. The lowest BCUT2D eigenvalue weighted by Crippen LogP contribution is -2.42. The Morgan fingerprint density at radius 1 is 0.750 bits per heavy atom. The third-order valence-corrected chi connectivity index (χ3v) is 6.49. The van der Waals surface area contributed by atoms with Crippen molar-refractivity contribution in [2.45, 2.75) is 118 Å². The van der Waals surface area contributed by atoms with Crippen LogP contribution >= 0.6 is 0 Å². The van der Waals surface area contributed by atoms with Crippen molar-refractivity contribution in [1.29, 1.82) is 0 Å².